The first kappa shape index (κ1) is 15.0. The molecule has 0 aromatic heterocycles. The molecule has 19 heavy (non-hydrogen) atoms. The van der Waals surface area contributed by atoms with Gasteiger partial charge in [0.1, 0.15) is 0 Å². The van der Waals surface area contributed by atoms with E-state index >= 15 is 0 Å². The van der Waals surface area contributed by atoms with Crippen LogP contribution in [0.2, 0.25) is 0 Å². The average Bonchev–Trinajstić information content (AvgIpc) is 2.37. The molecule has 6 heteroatoms. The number of halogens is 1. The van der Waals surface area contributed by atoms with Crippen molar-refractivity contribution in [2.45, 2.75) is 37.1 Å². The summed E-state index contributed by atoms with van der Waals surface area (Å²) in [4.78, 5) is 0.300. The zero-order chi connectivity index (χ0) is 13.9. The van der Waals surface area contributed by atoms with Crippen molar-refractivity contribution in [1.29, 1.82) is 0 Å². The Bertz CT molecular complexity index is 540. The first-order chi connectivity index (χ1) is 8.99. The van der Waals surface area contributed by atoms with E-state index in [9.17, 15) is 8.42 Å². The van der Waals surface area contributed by atoms with Crippen molar-refractivity contribution in [3.05, 3.63) is 28.2 Å². The molecule has 106 valence electrons. The Kier molecular flexibility index (Phi) is 5.00. The van der Waals surface area contributed by atoms with E-state index in [1.54, 1.807) is 12.1 Å². The molecule has 1 heterocycles. The van der Waals surface area contributed by atoms with Crippen molar-refractivity contribution in [2.24, 2.45) is 0 Å². The van der Waals surface area contributed by atoms with E-state index in [2.05, 4.69) is 26.0 Å². The number of piperidine rings is 1. The molecular formula is C13H19BrN2O2S. The highest BCUT2D eigenvalue weighted by atomic mass is 79.9. The Morgan fingerprint density at radius 2 is 2.21 bits per heavy atom. The quantitative estimate of drug-likeness (QED) is 0.878. The Balaban J connectivity index is 2.05. The molecule has 0 saturated carbocycles. The first-order valence-electron chi connectivity index (χ1n) is 6.48. The Morgan fingerprint density at radius 3 is 2.84 bits per heavy atom. The minimum atomic E-state index is -3.44. The summed E-state index contributed by atoms with van der Waals surface area (Å²) in [5, 5.41) is 3.33. The van der Waals surface area contributed by atoms with E-state index in [1.807, 2.05) is 13.0 Å². The molecule has 1 aliphatic rings. The van der Waals surface area contributed by atoms with E-state index < -0.39 is 10.0 Å². The molecule has 0 aliphatic carbocycles. The lowest BCUT2D eigenvalue weighted by atomic mass is 10.1. The van der Waals surface area contributed by atoms with Gasteiger partial charge in [-0.1, -0.05) is 12.5 Å². The molecule has 1 atom stereocenters. The third-order valence-electron chi connectivity index (χ3n) is 3.31. The van der Waals surface area contributed by atoms with Crippen LogP contribution < -0.4 is 10.0 Å². The summed E-state index contributed by atoms with van der Waals surface area (Å²) in [5.41, 5.74) is 1.03. The third-order valence-corrected chi connectivity index (χ3v) is 5.71. The van der Waals surface area contributed by atoms with Crippen LogP contribution in [0.3, 0.4) is 0 Å². The van der Waals surface area contributed by atoms with Crippen LogP contribution in [0.5, 0.6) is 0 Å². The fourth-order valence-corrected chi connectivity index (χ4v) is 4.48. The molecule has 0 bridgehead atoms. The van der Waals surface area contributed by atoms with E-state index in [4.69, 9.17) is 0 Å². The summed E-state index contributed by atoms with van der Waals surface area (Å²) in [7, 11) is -3.44. The van der Waals surface area contributed by atoms with Gasteiger partial charge in [0.15, 0.2) is 0 Å². The van der Waals surface area contributed by atoms with Gasteiger partial charge in [-0.2, -0.15) is 0 Å². The standard InChI is InChI=1S/C13H19BrN2O2S/c1-10-5-6-13(12(14)8-10)19(17,18)16-9-11-4-2-3-7-15-11/h5-6,8,11,15-16H,2-4,7,9H2,1H3. The lowest BCUT2D eigenvalue weighted by molar-refractivity contribution is 0.398. The van der Waals surface area contributed by atoms with Gasteiger partial charge in [-0.15, -0.1) is 0 Å². The van der Waals surface area contributed by atoms with E-state index in [0.717, 1.165) is 24.9 Å². The number of hydrogen-bond donors (Lipinski definition) is 2. The molecule has 0 spiro atoms. The van der Waals surface area contributed by atoms with Gasteiger partial charge in [0.05, 0.1) is 4.90 Å². The molecule has 0 radical (unpaired) electrons. The largest absolute Gasteiger partial charge is 0.313 e. The van der Waals surface area contributed by atoms with Crippen LogP contribution in [0.4, 0.5) is 0 Å². The maximum atomic E-state index is 12.2. The van der Waals surface area contributed by atoms with E-state index in [0.29, 0.717) is 15.9 Å². The Hall–Kier alpha value is -0.430. The van der Waals surface area contributed by atoms with Gasteiger partial charge in [0.25, 0.3) is 0 Å². The van der Waals surface area contributed by atoms with Crippen LogP contribution in [0.25, 0.3) is 0 Å². The second kappa shape index (κ2) is 6.35. The van der Waals surface area contributed by atoms with Gasteiger partial charge in [-0.05, 0) is 59.9 Å². The van der Waals surface area contributed by atoms with Crippen LogP contribution in [0.1, 0.15) is 24.8 Å². The summed E-state index contributed by atoms with van der Waals surface area (Å²) < 4.78 is 27.8. The molecule has 0 amide bonds. The molecule has 1 saturated heterocycles. The number of rotatable bonds is 4. The van der Waals surface area contributed by atoms with Gasteiger partial charge in [-0.3, -0.25) is 0 Å². The van der Waals surface area contributed by atoms with Gasteiger partial charge >= 0.3 is 0 Å². The second-order valence-corrected chi connectivity index (χ2v) is 7.52. The second-order valence-electron chi connectivity index (χ2n) is 4.93. The topological polar surface area (TPSA) is 58.2 Å². The van der Waals surface area contributed by atoms with Crippen molar-refractivity contribution < 1.29 is 8.42 Å². The van der Waals surface area contributed by atoms with Crippen LogP contribution >= 0.6 is 15.9 Å². The van der Waals surface area contributed by atoms with Gasteiger partial charge in [-0.25, -0.2) is 13.1 Å². The Labute approximate surface area is 123 Å². The highest BCUT2D eigenvalue weighted by molar-refractivity contribution is 9.10. The predicted octanol–water partition coefficient (Wildman–Crippen LogP) is 2.18. The monoisotopic (exact) mass is 346 g/mol. The molecule has 1 unspecified atom stereocenters. The summed E-state index contributed by atoms with van der Waals surface area (Å²) in [6.07, 6.45) is 3.36. The van der Waals surface area contributed by atoms with Crippen molar-refractivity contribution in [3.63, 3.8) is 0 Å². The van der Waals surface area contributed by atoms with Crippen LogP contribution in [-0.2, 0) is 10.0 Å². The number of benzene rings is 1. The number of sulfonamides is 1. The third kappa shape index (κ3) is 4.02. The molecule has 2 N–H and O–H groups in total. The maximum Gasteiger partial charge on any atom is 0.241 e. The normalized spacial score (nSPS) is 20.4. The van der Waals surface area contributed by atoms with Gasteiger partial charge in [0.2, 0.25) is 10.0 Å². The number of aryl methyl sites for hydroxylation is 1. The molecule has 4 nitrogen and oxygen atoms in total. The van der Waals surface area contributed by atoms with Crippen LogP contribution in [0, 0.1) is 6.92 Å². The van der Waals surface area contributed by atoms with Crippen molar-refractivity contribution >= 4 is 26.0 Å². The highest BCUT2D eigenvalue weighted by Gasteiger charge is 2.20. The lowest BCUT2D eigenvalue weighted by Crippen LogP contribution is -2.43. The van der Waals surface area contributed by atoms with Gasteiger partial charge in [0, 0.05) is 17.1 Å². The summed E-state index contributed by atoms with van der Waals surface area (Å²) in [6, 6.07) is 5.49. The fraction of sp³-hybridized carbons (Fsp3) is 0.538. The Morgan fingerprint density at radius 1 is 1.42 bits per heavy atom. The SMILES string of the molecule is Cc1ccc(S(=O)(=O)NCC2CCCCN2)c(Br)c1. The number of hydrogen-bond acceptors (Lipinski definition) is 3. The molecule has 1 aliphatic heterocycles. The maximum absolute atomic E-state index is 12.2. The van der Waals surface area contributed by atoms with E-state index in [1.165, 1.54) is 6.42 Å². The summed E-state index contributed by atoms with van der Waals surface area (Å²) in [5.74, 6) is 0. The van der Waals surface area contributed by atoms with Crippen molar-refractivity contribution in [3.8, 4) is 0 Å². The molecule has 1 aromatic rings. The van der Waals surface area contributed by atoms with Gasteiger partial charge < -0.3 is 5.32 Å². The van der Waals surface area contributed by atoms with Crippen molar-refractivity contribution in [1.82, 2.24) is 10.0 Å². The van der Waals surface area contributed by atoms with Crippen LogP contribution in [0.15, 0.2) is 27.6 Å². The minimum absolute atomic E-state index is 0.243. The zero-order valence-corrected chi connectivity index (χ0v) is 13.4. The average molecular weight is 347 g/mol. The van der Waals surface area contributed by atoms with Crippen molar-refractivity contribution in [2.75, 3.05) is 13.1 Å². The summed E-state index contributed by atoms with van der Waals surface area (Å²) >= 11 is 3.31. The van der Waals surface area contributed by atoms with Crippen LogP contribution in [-0.4, -0.2) is 27.5 Å². The molecular weight excluding hydrogens is 328 g/mol. The molecule has 2 rings (SSSR count). The summed E-state index contributed by atoms with van der Waals surface area (Å²) in [6.45, 7) is 3.35. The first-order valence-corrected chi connectivity index (χ1v) is 8.76. The smallest absolute Gasteiger partial charge is 0.241 e. The molecule has 1 fully saturated rings. The zero-order valence-electron chi connectivity index (χ0n) is 10.9. The fourth-order valence-electron chi connectivity index (χ4n) is 2.21. The predicted molar refractivity (Wildman–Crippen MR) is 79.7 cm³/mol. The number of nitrogens with one attached hydrogen (secondary N) is 2. The molecule has 1 aromatic carbocycles. The highest BCUT2D eigenvalue weighted by Crippen LogP contribution is 2.22. The van der Waals surface area contributed by atoms with E-state index in [-0.39, 0.29) is 6.04 Å². The minimum Gasteiger partial charge on any atom is -0.313 e. The lowest BCUT2D eigenvalue weighted by Gasteiger charge is -2.23.